The number of rotatable bonds is 44. The Labute approximate surface area is 375 Å². The zero-order valence-corrected chi connectivity index (χ0v) is 40.1. The van der Waals surface area contributed by atoms with E-state index < -0.39 is 18.1 Å². The first kappa shape index (κ1) is 58.0. The first-order valence-corrected chi connectivity index (χ1v) is 24.8. The molecule has 0 fully saturated rings. The van der Waals surface area contributed by atoms with Crippen LogP contribution in [0.5, 0.6) is 0 Å². The zero-order chi connectivity index (χ0) is 44.9. The second-order valence-electron chi connectivity index (χ2n) is 17.7. The van der Waals surface area contributed by atoms with Gasteiger partial charge in [-0.2, -0.15) is 0 Å². The summed E-state index contributed by atoms with van der Waals surface area (Å²) in [5.74, 6) is -1.48. The van der Waals surface area contributed by atoms with Gasteiger partial charge in [-0.15, -0.1) is 0 Å². The molecule has 0 spiro atoms. The van der Waals surface area contributed by atoms with Crippen molar-refractivity contribution in [3.63, 3.8) is 0 Å². The first-order valence-electron chi connectivity index (χ1n) is 24.8. The minimum Gasteiger partial charge on any atom is -0.477 e. The third-order valence-electron chi connectivity index (χ3n) is 10.9. The molecule has 0 radical (unpaired) electrons. The number of aliphatic carboxylic acids is 1. The fourth-order valence-corrected chi connectivity index (χ4v) is 7.08. The number of carboxylic acids is 1. The molecule has 1 N–H and O–H groups in total. The van der Waals surface area contributed by atoms with Crippen LogP contribution in [0.4, 0.5) is 0 Å². The smallest absolute Gasteiger partial charge is 0.362 e. The van der Waals surface area contributed by atoms with Gasteiger partial charge in [-0.3, -0.25) is 9.59 Å². The van der Waals surface area contributed by atoms with Crippen LogP contribution < -0.4 is 0 Å². The quantitative estimate of drug-likeness (QED) is 0.0282. The molecule has 0 rings (SSSR count). The van der Waals surface area contributed by atoms with E-state index in [-0.39, 0.29) is 36.2 Å². The number of quaternary nitrogens is 1. The minimum atomic E-state index is -0.877. The third-order valence-corrected chi connectivity index (χ3v) is 10.9. The molecule has 0 bridgehead atoms. The van der Waals surface area contributed by atoms with Crippen LogP contribution in [0.2, 0.25) is 0 Å². The van der Waals surface area contributed by atoms with Gasteiger partial charge in [-0.1, -0.05) is 171 Å². The maximum atomic E-state index is 12.8. The summed E-state index contributed by atoms with van der Waals surface area (Å²) in [4.78, 5) is 37.1. The van der Waals surface area contributed by atoms with Crippen molar-refractivity contribution in [2.75, 3.05) is 41.0 Å². The SMILES string of the molecule is CC/C=C/C/C=C/C/C=C/C/C=C/CCCCCCCCCCCC(=O)OC(COCCC(C(=O)O)[N+](C)(C)C)COC(=O)CCCCCCCCC/C=C/CCCCCC. The number of carboxylic acid groups (broad SMARTS) is 1. The molecular weight excluding hydrogens is 763 g/mol. The van der Waals surface area contributed by atoms with Crippen LogP contribution in [0.25, 0.3) is 0 Å². The number of nitrogens with zero attached hydrogens (tertiary/aromatic N) is 1. The number of allylic oxidation sites excluding steroid dienone is 10. The van der Waals surface area contributed by atoms with Gasteiger partial charge in [0.2, 0.25) is 0 Å². The number of esters is 2. The Hall–Kier alpha value is -2.97. The van der Waals surface area contributed by atoms with E-state index in [1.165, 1.54) is 103 Å². The highest BCUT2D eigenvalue weighted by Crippen LogP contribution is 2.15. The summed E-state index contributed by atoms with van der Waals surface area (Å²) in [6.45, 7) is 4.61. The molecule has 2 unspecified atom stereocenters. The molecule has 8 nitrogen and oxygen atoms in total. The predicted molar refractivity (Wildman–Crippen MR) is 257 cm³/mol. The molecule has 352 valence electrons. The number of unbranched alkanes of at least 4 members (excludes halogenated alkanes) is 20. The molecule has 0 aliphatic heterocycles. The van der Waals surface area contributed by atoms with Crippen molar-refractivity contribution in [1.29, 1.82) is 0 Å². The number of carbonyl (C=O) groups is 3. The van der Waals surface area contributed by atoms with E-state index in [4.69, 9.17) is 14.2 Å². The van der Waals surface area contributed by atoms with Gasteiger partial charge in [0, 0.05) is 19.3 Å². The van der Waals surface area contributed by atoms with E-state index >= 15 is 0 Å². The lowest BCUT2D eigenvalue weighted by Crippen LogP contribution is -2.50. The van der Waals surface area contributed by atoms with E-state index in [1.54, 1.807) is 0 Å². The van der Waals surface area contributed by atoms with Crippen molar-refractivity contribution in [2.24, 2.45) is 0 Å². The van der Waals surface area contributed by atoms with Gasteiger partial charge in [-0.05, 0) is 77.0 Å². The number of hydrogen-bond donors (Lipinski definition) is 1. The summed E-state index contributed by atoms with van der Waals surface area (Å²) in [6.07, 6.45) is 54.0. The maximum Gasteiger partial charge on any atom is 0.362 e. The molecular formula is C53H94NO7+. The molecule has 2 atom stereocenters. The van der Waals surface area contributed by atoms with E-state index in [0.29, 0.717) is 19.3 Å². The standard InChI is InChI=1S/C53H93NO7/c1-6-8-10-12-14-16-18-20-22-23-24-25-26-27-28-30-32-34-36-38-40-42-44-52(56)61-49(47-59-46-45-50(53(57)58)54(3,4)5)48-60-51(55)43-41-39-37-35-33-31-29-21-19-17-15-13-11-9-7-2/h8,10,14,16-17,19-20,22,24-25,49-50H,6-7,9,11-13,15,18,21,23,26-48H2,1-5H3/p+1/b10-8+,16-14+,19-17+,22-20+,25-24+. The maximum absolute atomic E-state index is 12.8. The van der Waals surface area contributed by atoms with E-state index in [2.05, 4.69) is 74.6 Å². The highest BCUT2D eigenvalue weighted by Gasteiger charge is 2.31. The van der Waals surface area contributed by atoms with Crippen LogP contribution >= 0.6 is 0 Å². The Bertz CT molecular complexity index is 1180. The molecule has 0 amide bonds. The van der Waals surface area contributed by atoms with Crippen LogP contribution in [0.3, 0.4) is 0 Å². The number of carbonyl (C=O) groups excluding carboxylic acids is 2. The molecule has 0 heterocycles. The predicted octanol–water partition coefficient (Wildman–Crippen LogP) is 14.1. The fraction of sp³-hybridized carbons (Fsp3) is 0.755. The molecule has 0 aromatic rings. The van der Waals surface area contributed by atoms with Crippen LogP contribution in [-0.4, -0.2) is 80.6 Å². The molecule has 0 aromatic carbocycles. The van der Waals surface area contributed by atoms with Crippen molar-refractivity contribution in [1.82, 2.24) is 0 Å². The summed E-state index contributed by atoms with van der Waals surface area (Å²) in [7, 11) is 5.53. The summed E-state index contributed by atoms with van der Waals surface area (Å²) in [5, 5.41) is 9.64. The summed E-state index contributed by atoms with van der Waals surface area (Å²) in [5.41, 5.74) is 0. The van der Waals surface area contributed by atoms with Gasteiger partial charge in [0.25, 0.3) is 0 Å². The van der Waals surface area contributed by atoms with Crippen LogP contribution in [-0.2, 0) is 28.6 Å². The second kappa shape index (κ2) is 43.7. The van der Waals surface area contributed by atoms with Crippen molar-refractivity contribution < 1.29 is 38.2 Å². The molecule has 0 aliphatic rings. The van der Waals surface area contributed by atoms with Gasteiger partial charge in [0.1, 0.15) is 6.61 Å². The molecule has 0 aliphatic carbocycles. The lowest BCUT2D eigenvalue weighted by atomic mass is 10.1. The monoisotopic (exact) mass is 857 g/mol. The van der Waals surface area contributed by atoms with Crippen LogP contribution in [0.1, 0.15) is 206 Å². The molecule has 0 saturated carbocycles. The second-order valence-corrected chi connectivity index (χ2v) is 17.7. The summed E-state index contributed by atoms with van der Waals surface area (Å²) >= 11 is 0. The Morgan fingerprint density at radius 3 is 1.38 bits per heavy atom. The lowest BCUT2D eigenvalue weighted by Gasteiger charge is -2.31. The van der Waals surface area contributed by atoms with Crippen LogP contribution in [0, 0.1) is 0 Å². The van der Waals surface area contributed by atoms with E-state index in [9.17, 15) is 19.5 Å². The number of likely N-dealkylation sites (N-methyl/N-ethyl adjacent to an activating group) is 1. The van der Waals surface area contributed by atoms with Gasteiger partial charge >= 0.3 is 17.9 Å². The van der Waals surface area contributed by atoms with Crippen molar-refractivity contribution in [3.05, 3.63) is 60.8 Å². The molecule has 61 heavy (non-hydrogen) atoms. The van der Waals surface area contributed by atoms with E-state index in [1.807, 2.05) is 21.1 Å². The third kappa shape index (κ3) is 42.1. The Kier molecular flexibility index (Phi) is 41.5. The molecule has 0 saturated heterocycles. The van der Waals surface area contributed by atoms with Gasteiger partial charge in [-0.25, -0.2) is 4.79 Å². The lowest BCUT2D eigenvalue weighted by molar-refractivity contribution is -0.887. The molecule has 0 aromatic heterocycles. The topological polar surface area (TPSA) is 99.1 Å². The van der Waals surface area contributed by atoms with E-state index in [0.717, 1.165) is 70.6 Å². The summed E-state index contributed by atoms with van der Waals surface area (Å²) < 4.78 is 17.3. The summed E-state index contributed by atoms with van der Waals surface area (Å²) in [6, 6.07) is -0.618. The molecule has 8 heteroatoms. The van der Waals surface area contributed by atoms with Crippen molar-refractivity contribution in [2.45, 2.75) is 219 Å². The normalized spacial score (nSPS) is 13.4. The Morgan fingerprint density at radius 2 is 0.918 bits per heavy atom. The van der Waals surface area contributed by atoms with Gasteiger partial charge < -0.3 is 23.8 Å². The average Bonchev–Trinajstić information content (AvgIpc) is 3.22. The largest absolute Gasteiger partial charge is 0.477 e. The number of hydrogen-bond acceptors (Lipinski definition) is 6. The van der Waals surface area contributed by atoms with Crippen LogP contribution in [0.15, 0.2) is 60.8 Å². The highest BCUT2D eigenvalue weighted by molar-refractivity contribution is 5.72. The average molecular weight is 857 g/mol. The fourth-order valence-electron chi connectivity index (χ4n) is 7.08. The minimum absolute atomic E-state index is 0.0562. The zero-order valence-electron chi connectivity index (χ0n) is 40.1. The first-order chi connectivity index (χ1) is 29.6. The number of ether oxygens (including phenoxy) is 3. The van der Waals surface area contributed by atoms with Crippen molar-refractivity contribution in [3.8, 4) is 0 Å². The Morgan fingerprint density at radius 1 is 0.508 bits per heavy atom. The van der Waals surface area contributed by atoms with Gasteiger partial charge in [0.15, 0.2) is 12.1 Å². The highest BCUT2D eigenvalue weighted by atomic mass is 16.6. The van der Waals surface area contributed by atoms with Gasteiger partial charge in [0.05, 0.1) is 34.4 Å². The Balaban J connectivity index is 4.27. The van der Waals surface area contributed by atoms with Crippen molar-refractivity contribution >= 4 is 17.9 Å².